The predicted octanol–water partition coefficient (Wildman–Crippen LogP) is 3.89. The molecule has 3 rings (SSSR count). The molecule has 0 bridgehead atoms. The Hall–Kier alpha value is -2.03. The first-order chi connectivity index (χ1) is 13.2. The van der Waals surface area contributed by atoms with Gasteiger partial charge in [0.05, 0.1) is 16.3 Å². The highest BCUT2D eigenvalue weighted by molar-refractivity contribution is 7.99. The Morgan fingerprint density at radius 1 is 1.25 bits per heavy atom. The lowest BCUT2D eigenvalue weighted by molar-refractivity contribution is -0.116. The molecule has 0 saturated carbocycles. The second-order valence-electron chi connectivity index (χ2n) is 6.39. The van der Waals surface area contributed by atoms with Crippen molar-refractivity contribution in [3.63, 3.8) is 0 Å². The highest BCUT2D eigenvalue weighted by atomic mass is 35.5. The summed E-state index contributed by atoms with van der Waals surface area (Å²) in [6.07, 6.45) is 0.191. The SMILES string of the molecule is Cc1ccc(NC(=O)CCS(=O)(=O)c2ccc3c(c2)NC(=O)CCS3)cc1Cl. The summed E-state index contributed by atoms with van der Waals surface area (Å²) in [6.45, 7) is 1.85. The Kier molecular flexibility index (Phi) is 6.32. The zero-order valence-corrected chi connectivity index (χ0v) is 17.5. The predicted molar refractivity (Wildman–Crippen MR) is 112 cm³/mol. The molecule has 0 radical (unpaired) electrons. The van der Waals surface area contributed by atoms with Gasteiger partial charge in [-0.05, 0) is 42.8 Å². The van der Waals surface area contributed by atoms with Crippen LogP contribution in [0.1, 0.15) is 18.4 Å². The second-order valence-corrected chi connectivity index (χ2v) is 10.0. The molecule has 28 heavy (non-hydrogen) atoms. The van der Waals surface area contributed by atoms with E-state index in [0.29, 0.717) is 28.6 Å². The fraction of sp³-hybridized carbons (Fsp3) is 0.263. The number of thioether (sulfide) groups is 1. The Morgan fingerprint density at radius 2 is 2.04 bits per heavy atom. The Labute approximate surface area is 173 Å². The first-order valence-corrected chi connectivity index (χ1v) is 11.6. The van der Waals surface area contributed by atoms with Gasteiger partial charge in [0.2, 0.25) is 11.8 Å². The number of hydrogen-bond acceptors (Lipinski definition) is 5. The Bertz CT molecular complexity index is 1040. The van der Waals surface area contributed by atoms with Crippen molar-refractivity contribution >= 4 is 56.4 Å². The standard InChI is InChI=1S/C19H19ClN2O4S2/c1-12-2-3-13(10-15(12)20)21-19(24)7-9-28(25,26)14-4-5-17-16(11-14)22-18(23)6-8-27-17/h2-5,10-11H,6-9H2,1H3,(H,21,24)(H,22,23). The number of aryl methyl sites for hydroxylation is 1. The van der Waals surface area contributed by atoms with E-state index < -0.39 is 15.7 Å². The molecule has 6 nitrogen and oxygen atoms in total. The summed E-state index contributed by atoms with van der Waals surface area (Å²) < 4.78 is 25.2. The van der Waals surface area contributed by atoms with Crippen LogP contribution in [0.15, 0.2) is 46.2 Å². The van der Waals surface area contributed by atoms with E-state index in [0.717, 1.165) is 10.5 Å². The number of carbonyl (C=O) groups excluding carboxylic acids is 2. The molecule has 1 aliphatic heterocycles. The number of hydrogen-bond donors (Lipinski definition) is 2. The molecule has 0 saturated heterocycles. The number of fused-ring (bicyclic) bond motifs is 1. The third-order valence-electron chi connectivity index (χ3n) is 4.22. The van der Waals surface area contributed by atoms with Gasteiger partial charge < -0.3 is 10.6 Å². The lowest BCUT2D eigenvalue weighted by Gasteiger charge is -2.10. The molecule has 0 atom stereocenters. The summed E-state index contributed by atoms with van der Waals surface area (Å²) in [7, 11) is -3.67. The van der Waals surface area contributed by atoms with Crippen LogP contribution in [-0.4, -0.2) is 31.7 Å². The van der Waals surface area contributed by atoms with E-state index in [1.807, 2.05) is 6.92 Å². The summed E-state index contributed by atoms with van der Waals surface area (Å²) in [5.41, 5.74) is 1.89. The van der Waals surface area contributed by atoms with Crippen LogP contribution in [0.4, 0.5) is 11.4 Å². The summed E-state index contributed by atoms with van der Waals surface area (Å²) in [5, 5.41) is 5.90. The highest BCUT2D eigenvalue weighted by Gasteiger charge is 2.20. The van der Waals surface area contributed by atoms with Crippen molar-refractivity contribution in [2.75, 3.05) is 22.1 Å². The van der Waals surface area contributed by atoms with E-state index >= 15 is 0 Å². The van der Waals surface area contributed by atoms with Gasteiger partial charge in [-0.3, -0.25) is 9.59 Å². The normalized spacial score (nSPS) is 14.0. The molecule has 1 heterocycles. The average molecular weight is 439 g/mol. The fourth-order valence-corrected chi connectivity index (χ4v) is 5.01. The third kappa shape index (κ3) is 5.06. The maximum Gasteiger partial charge on any atom is 0.225 e. The molecule has 2 N–H and O–H groups in total. The third-order valence-corrected chi connectivity index (χ3v) is 7.42. The molecule has 2 aromatic rings. The maximum atomic E-state index is 12.6. The molecule has 2 amide bonds. The van der Waals surface area contributed by atoms with Crippen molar-refractivity contribution in [1.29, 1.82) is 0 Å². The summed E-state index contributed by atoms with van der Waals surface area (Å²) in [4.78, 5) is 24.7. The maximum absolute atomic E-state index is 12.6. The van der Waals surface area contributed by atoms with Crippen LogP contribution < -0.4 is 10.6 Å². The van der Waals surface area contributed by atoms with Gasteiger partial charge in [0.1, 0.15) is 0 Å². The number of amides is 2. The minimum atomic E-state index is -3.67. The van der Waals surface area contributed by atoms with Crippen molar-refractivity contribution < 1.29 is 18.0 Å². The Morgan fingerprint density at radius 3 is 2.79 bits per heavy atom. The zero-order chi connectivity index (χ0) is 20.3. The van der Waals surface area contributed by atoms with Gasteiger partial charge in [-0.1, -0.05) is 17.7 Å². The summed E-state index contributed by atoms with van der Waals surface area (Å²) >= 11 is 7.53. The highest BCUT2D eigenvalue weighted by Crippen LogP contribution is 2.33. The molecule has 0 unspecified atom stereocenters. The van der Waals surface area contributed by atoms with Crippen molar-refractivity contribution in [3.05, 3.63) is 47.0 Å². The zero-order valence-electron chi connectivity index (χ0n) is 15.1. The molecular weight excluding hydrogens is 420 g/mol. The minimum absolute atomic E-state index is 0.0835. The lowest BCUT2D eigenvalue weighted by Crippen LogP contribution is -2.18. The Balaban J connectivity index is 1.67. The number of anilines is 2. The first-order valence-electron chi connectivity index (χ1n) is 8.60. The van der Waals surface area contributed by atoms with E-state index in [1.54, 1.807) is 24.3 Å². The quantitative estimate of drug-likeness (QED) is 0.738. The van der Waals surface area contributed by atoms with Crippen molar-refractivity contribution in [2.24, 2.45) is 0 Å². The van der Waals surface area contributed by atoms with E-state index in [-0.39, 0.29) is 23.0 Å². The number of nitrogens with one attached hydrogen (secondary N) is 2. The van der Waals surface area contributed by atoms with Crippen molar-refractivity contribution in [2.45, 2.75) is 29.6 Å². The summed E-state index contributed by atoms with van der Waals surface area (Å²) in [6, 6.07) is 9.76. The fourth-order valence-electron chi connectivity index (χ4n) is 2.63. The molecule has 0 fully saturated rings. The number of sulfone groups is 1. The molecule has 0 aromatic heterocycles. The molecule has 1 aliphatic rings. The molecule has 9 heteroatoms. The second kappa shape index (κ2) is 8.55. The van der Waals surface area contributed by atoms with Gasteiger partial charge in [0, 0.05) is 34.2 Å². The largest absolute Gasteiger partial charge is 0.326 e. The molecule has 148 valence electrons. The smallest absolute Gasteiger partial charge is 0.225 e. The molecule has 2 aromatic carbocycles. The number of benzene rings is 2. The number of rotatable bonds is 5. The van der Waals surface area contributed by atoms with E-state index in [4.69, 9.17) is 11.6 Å². The van der Waals surface area contributed by atoms with E-state index in [2.05, 4.69) is 10.6 Å². The first kappa shape index (κ1) is 20.7. The van der Waals surface area contributed by atoms with Crippen LogP contribution in [0, 0.1) is 6.92 Å². The minimum Gasteiger partial charge on any atom is -0.326 e. The van der Waals surface area contributed by atoms with E-state index in [1.165, 1.54) is 23.9 Å². The van der Waals surface area contributed by atoms with Crippen LogP contribution in [0.2, 0.25) is 5.02 Å². The van der Waals surface area contributed by atoms with Gasteiger partial charge in [0.15, 0.2) is 9.84 Å². The van der Waals surface area contributed by atoms with Crippen LogP contribution in [0.3, 0.4) is 0 Å². The van der Waals surface area contributed by atoms with Crippen LogP contribution >= 0.6 is 23.4 Å². The van der Waals surface area contributed by atoms with Gasteiger partial charge >= 0.3 is 0 Å². The van der Waals surface area contributed by atoms with E-state index in [9.17, 15) is 18.0 Å². The van der Waals surface area contributed by atoms with Crippen molar-refractivity contribution in [1.82, 2.24) is 0 Å². The average Bonchev–Trinajstić information content (AvgIpc) is 2.83. The molecule has 0 aliphatic carbocycles. The molecule has 0 spiro atoms. The topological polar surface area (TPSA) is 92.3 Å². The van der Waals surface area contributed by atoms with Gasteiger partial charge in [-0.25, -0.2) is 8.42 Å². The van der Waals surface area contributed by atoms with Gasteiger partial charge in [-0.2, -0.15) is 0 Å². The lowest BCUT2D eigenvalue weighted by atomic mass is 10.2. The molecular formula is C19H19ClN2O4S2. The number of carbonyl (C=O) groups is 2. The van der Waals surface area contributed by atoms with Crippen LogP contribution in [-0.2, 0) is 19.4 Å². The number of halogens is 1. The monoisotopic (exact) mass is 438 g/mol. The van der Waals surface area contributed by atoms with Crippen molar-refractivity contribution in [3.8, 4) is 0 Å². The van der Waals surface area contributed by atoms with Gasteiger partial charge in [-0.15, -0.1) is 11.8 Å². The summed E-state index contributed by atoms with van der Waals surface area (Å²) in [5.74, 6) is -0.245. The van der Waals surface area contributed by atoms with Crippen LogP contribution in [0.25, 0.3) is 0 Å². The van der Waals surface area contributed by atoms with Gasteiger partial charge in [0.25, 0.3) is 0 Å². The van der Waals surface area contributed by atoms with Crippen LogP contribution in [0.5, 0.6) is 0 Å².